The van der Waals surface area contributed by atoms with E-state index >= 15 is 0 Å². The number of hydrogen-bond acceptors (Lipinski definition) is 3. The van der Waals surface area contributed by atoms with Crippen LogP contribution in [0.5, 0.6) is 0 Å². The van der Waals surface area contributed by atoms with Crippen LogP contribution in [0.1, 0.15) is 25.1 Å². The first-order chi connectivity index (χ1) is 5.75. The monoisotopic (exact) mass is 165 g/mol. The molecule has 12 heavy (non-hydrogen) atoms. The Labute approximate surface area is 73.1 Å². The van der Waals surface area contributed by atoms with Gasteiger partial charge in [-0.3, -0.25) is 4.98 Å². The van der Waals surface area contributed by atoms with E-state index in [1.165, 1.54) is 0 Å². The number of nitrogens with zero attached hydrogens (tertiary/aromatic N) is 1. The number of anilines is 1. The molecule has 0 aliphatic carbocycles. The number of nitrogens with two attached hydrogens (primary N) is 1. The summed E-state index contributed by atoms with van der Waals surface area (Å²) in [6.45, 7) is 5.89. The van der Waals surface area contributed by atoms with Crippen molar-refractivity contribution in [1.82, 2.24) is 4.98 Å². The van der Waals surface area contributed by atoms with Gasteiger partial charge in [0.25, 0.3) is 0 Å². The standard InChI is InChI=1S/C7H9N3.C2H6/c1-5-2-3-10-6(4-8)7(5)9;1-2/h2-4,8H,9H2,1H3;1-2H3. The first kappa shape index (κ1) is 10.6. The molecule has 0 spiro atoms. The summed E-state index contributed by atoms with van der Waals surface area (Å²) in [5.41, 5.74) is 7.68. The second kappa shape index (κ2) is 5.29. The molecule has 0 fully saturated rings. The average molecular weight is 165 g/mol. The van der Waals surface area contributed by atoms with Crippen molar-refractivity contribution in [3.63, 3.8) is 0 Å². The van der Waals surface area contributed by atoms with E-state index in [9.17, 15) is 0 Å². The molecule has 3 heteroatoms. The maximum Gasteiger partial charge on any atom is 0.104 e. The van der Waals surface area contributed by atoms with Gasteiger partial charge in [0.05, 0.1) is 5.69 Å². The van der Waals surface area contributed by atoms with Gasteiger partial charge >= 0.3 is 0 Å². The SMILES string of the molecule is CC.Cc1ccnc(C=N)c1N. The molecule has 0 saturated heterocycles. The highest BCUT2D eigenvalue weighted by molar-refractivity contribution is 5.82. The highest BCUT2D eigenvalue weighted by Crippen LogP contribution is 2.10. The molecule has 0 aliphatic heterocycles. The van der Waals surface area contributed by atoms with Crippen LogP contribution in [0.4, 0.5) is 5.69 Å². The van der Waals surface area contributed by atoms with Crippen molar-refractivity contribution in [2.24, 2.45) is 0 Å². The number of pyridine rings is 1. The zero-order valence-corrected chi connectivity index (χ0v) is 7.76. The second-order valence-corrected chi connectivity index (χ2v) is 2.07. The topological polar surface area (TPSA) is 62.8 Å². The fourth-order valence-corrected chi connectivity index (χ4v) is 0.706. The molecular weight excluding hydrogens is 150 g/mol. The van der Waals surface area contributed by atoms with Gasteiger partial charge < -0.3 is 11.1 Å². The smallest absolute Gasteiger partial charge is 0.104 e. The van der Waals surface area contributed by atoms with Crippen LogP contribution in [-0.2, 0) is 0 Å². The number of aryl methyl sites for hydroxylation is 1. The molecule has 0 aromatic carbocycles. The third kappa shape index (κ3) is 2.34. The Morgan fingerprint density at radius 1 is 1.50 bits per heavy atom. The minimum Gasteiger partial charge on any atom is -0.397 e. The van der Waals surface area contributed by atoms with Gasteiger partial charge in [-0.2, -0.15) is 0 Å². The van der Waals surface area contributed by atoms with E-state index in [1.807, 2.05) is 26.8 Å². The summed E-state index contributed by atoms with van der Waals surface area (Å²) in [5, 5.41) is 6.91. The highest BCUT2D eigenvalue weighted by atomic mass is 14.7. The van der Waals surface area contributed by atoms with E-state index < -0.39 is 0 Å². The van der Waals surface area contributed by atoms with Crippen molar-refractivity contribution in [3.05, 3.63) is 23.5 Å². The first-order valence-corrected chi connectivity index (χ1v) is 3.97. The molecule has 0 saturated carbocycles. The Bertz CT molecular complexity index is 256. The lowest BCUT2D eigenvalue weighted by Gasteiger charge is -1.99. The fraction of sp³-hybridized carbons (Fsp3) is 0.333. The maximum atomic E-state index is 6.91. The lowest BCUT2D eigenvalue weighted by Crippen LogP contribution is -1.98. The number of nitrogen functional groups attached to an aromatic ring is 1. The third-order valence-electron chi connectivity index (χ3n) is 1.38. The molecule has 0 amide bonds. The van der Waals surface area contributed by atoms with Gasteiger partial charge in [0.15, 0.2) is 0 Å². The Morgan fingerprint density at radius 2 is 2.08 bits per heavy atom. The van der Waals surface area contributed by atoms with E-state index in [4.69, 9.17) is 11.1 Å². The van der Waals surface area contributed by atoms with Gasteiger partial charge in [-0.25, -0.2) is 0 Å². The maximum absolute atomic E-state index is 6.91. The molecular formula is C9H15N3. The molecule has 66 valence electrons. The van der Waals surface area contributed by atoms with E-state index in [2.05, 4.69) is 4.98 Å². The van der Waals surface area contributed by atoms with Crippen molar-refractivity contribution in [2.45, 2.75) is 20.8 Å². The van der Waals surface area contributed by atoms with Crippen LogP contribution in [0, 0.1) is 12.3 Å². The molecule has 1 rings (SSSR count). The normalized spacial score (nSPS) is 8.25. The van der Waals surface area contributed by atoms with Gasteiger partial charge in [-0.1, -0.05) is 13.8 Å². The molecule has 0 atom stereocenters. The van der Waals surface area contributed by atoms with Gasteiger partial charge in [0, 0.05) is 12.4 Å². The number of nitrogens with one attached hydrogen (secondary N) is 1. The molecule has 1 aromatic heterocycles. The van der Waals surface area contributed by atoms with Crippen molar-refractivity contribution in [1.29, 1.82) is 5.41 Å². The Balaban J connectivity index is 0.000000561. The van der Waals surface area contributed by atoms with Gasteiger partial charge in [0.1, 0.15) is 5.69 Å². The van der Waals surface area contributed by atoms with E-state index in [-0.39, 0.29) is 0 Å². The number of hydrogen-bond donors (Lipinski definition) is 2. The molecule has 1 aromatic rings. The van der Waals surface area contributed by atoms with E-state index in [0.717, 1.165) is 11.8 Å². The summed E-state index contributed by atoms with van der Waals surface area (Å²) < 4.78 is 0. The minimum atomic E-state index is 0.542. The third-order valence-corrected chi connectivity index (χ3v) is 1.38. The Kier molecular flexibility index (Phi) is 4.69. The summed E-state index contributed by atoms with van der Waals surface area (Å²) >= 11 is 0. The number of rotatable bonds is 1. The highest BCUT2D eigenvalue weighted by Gasteiger charge is 1.97. The zero-order chi connectivity index (χ0) is 9.56. The van der Waals surface area contributed by atoms with Gasteiger partial charge in [-0.15, -0.1) is 0 Å². The van der Waals surface area contributed by atoms with Crippen LogP contribution < -0.4 is 5.73 Å². The summed E-state index contributed by atoms with van der Waals surface area (Å²) in [4.78, 5) is 3.89. The predicted molar refractivity (Wildman–Crippen MR) is 52.6 cm³/mol. The zero-order valence-electron chi connectivity index (χ0n) is 7.76. The summed E-state index contributed by atoms with van der Waals surface area (Å²) in [7, 11) is 0. The Hall–Kier alpha value is -1.38. The van der Waals surface area contributed by atoms with Crippen LogP contribution in [0.25, 0.3) is 0 Å². The first-order valence-electron chi connectivity index (χ1n) is 3.97. The fourth-order valence-electron chi connectivity index (χ4n) is 0.706. The van der Waals surface area contributed by atoms with Crippen LogP contribution >= 0.6 is 0 Å². The minimum absolute atomic E-state index is 0.542. The van der Waals surface area contributed by atoms with E-state index in [1.54, 1.807) is 6.20 Å². The molecule has 3 nitrogen and oxygen atoms in total. The summed E-state index contributed by atoms with van der Waals surface area (Å²) in [6, 6.07) is 1.82. The largest absolute Gasteiger partial charge is 0.397 e. The number of aromatic nitrogens is 1. The summed E-state index contributed by atoms with van der Waals surface area (Å²) in [5.74, 6) is 0. The Morgan fingerprint density at radius 3 is 2.50 bits per heavy atom. The van der Waals surface area contributed by atoms with Crippen LogP contribution in [0.15, 0.2) is 12.3 Å². The lowest BCUT2D eigenvalue weighted by atomic mass is 10.2. The van der Waals surface area contributed by atoms with Crippen LogP contribution in [-0.4, -0.2) is 11.2 Å². The van der Waals surface area contributed by atoms with Crippen molar-refractivity contribution in [2.75, 3.05) is 5.73 Å². The average Bonchev–Trinajstić information content (AvgIpc) is 2.13. The molecule has 3 N–H and O–H groups in total. The van der Waals surface area contributed by atoms with Crippen molar-refractivity contribution < 1.29 is 0 Å². The van der Waals surface area contributed by atoms with Crippen molar-refractivity contribution in [3.8, 4) is 0 Å². The van der Waals surface area contributed by atoms with E-state index in [0.29, 0.717) is 11.4 Å². The quantitative estimate of drug-likeness (QED) is 0.625. The predicted octanol–water partition coefficient (Wildman–Crippen LogP) is 2.00. The van der Waals surface area contributed by atoms with Crippen LogP contribution in [0.2, 0.25) is 0 Å². The molecule has 0 radical (unpaired) electrons. The molecule has 0 bridgehead atoms. The van der Waals surface area contributed by atoms with Crippen molar-refractivity contribution >= 4 is 11.9 Å². The molecule has 1 heterocycles. The lowest BCUT2D eigenvalue weighted by molar-refractivity contribution is 1.26. The summed E-state index contributed by atoms with van der Waals surface area (Å²) in [6.07, 6.45) is 2.80. The van der Waals surface area contributed by atoms with Crippen LogP contribution in [0.3, 0.4) is 0 Å². The second-order valence-electron chi connectivity index (χ2n) is 2.07. The molecule has 0 unspecified atom stereocenters. The molecule has 0 aliphatic rings. The van der Waals surface area contributed by atoms with Gasteiger partial charge in [-0.05, 0) is 18.6 Å². The van der Waals surface area contributed by atoms with Gasteiger partial charge in [0.2, 0.25) is 0 Å².